The van der Waals surface area contributed by atoms with E-state index in [9.17, 15) is 9.59 Å². The molecule has 1 atom stereocenters. The van der Waals surface area contributed by atoms with E-state index in [0.29, 0.717) is 29.3 Å². The van der Waals surface area contributed by atoms with Crippen LogP contribution in [0.1, 0.15) is 45.0 Å². The Hall–Kier alpha value is -3.65. The largest absolute Gasteiger partial charge is 0.486 e. The average Bonchev–Trinajstić information content (AvgIpc) is 3.49. The van der Waals surface area contributed by atoms with Crippen molar-refractivity contribution in [1.29, 1.82) is 0 Å². The number of hydrogen-bond donors (Lipinski definition) is 2. The van der Waals surface area contributed by atoms with Crippen LogP contribution < -0.4 is 15.4 Å². The molecule has 0 spiro atoms. The number of benzene rings is 2. The Morgan fingerprint density at radius 3 is 2.72 bits per heavy atom. The molecule has 166 valence electrons. The summed E-state index contributed by atoms with van der Waals surface area (Å²) in [6, 6.07) is 16.0. The zero-order valence-electron chi connectivity index (χ0n) is 17.8. The van der Waals surface area contributed by atoms with Crippen molar-refractivity contribution < 1.29 is 23.6 Å². The Balaban J connectivity index is 1.25. The zero-order chi connectivity index (χ0) is 22.3. The molecule has 0 saturated carbocycles. The van der Waals surface area contributed by atoms with Crippen molar-refractivity contribution in [2.75, 3.05) is 18.5 Å². The topological polar surface area (TPSA) is 103 Å². The maximum Gasteiger partial charge on any atom is 0.273 e. The predicted octanol–water partition coefficient (Wildman–Crippen LogP) is 3.72. The molecule has 0 aliphatic carbocycles. The van der Waals surface area contributed by atoms with Crippen LogP contribution in [0, 0.1) is 6.92 Å². The molecule has 0 bridgehead atoms. The number of carbonyl (C=O) groups excluding carboxylic acids is 2. The number of anilines is 1. The van der Waals surface area contributed by atoms with Gasteiger partial charge in [0.2, 0.25) is 0 Å². The molecule has 1 fully saturated rings. The second-order valence-corrected chi connectivity index (χ2v) is 7.66. The van der Waals surface area contributed by atoms with Gasteiger partial charge >= 0.3 is 0 Å². The van der Waals surface area contributed by atoms with E-state index in [1.807, 2.05) is 25.1 Å². The third-order valence-electron chi connectivity index (χ3n) is 5.08. The van der Waals surface area contributed by atoms with Gasteiger partial charge in [0.1, 0.15) is 12.4 Å². The van der Waals surface area contributed by atoms with Gasteiger partial charge in [0, 0.05) is 30.5 Å². The average molecular weight is 435 g/mol. The quantitative estimate of drug-likeness (QED) is 0.559. The lowest BCUT2D eigenvalue weighted by Crippen LogP contribution is -2.31. The third kappa shape index (κ3) is 5.73. The summed E-state index contributed by atoms with van der Waals surface area (Å²) in [4.78, 5) is 24.5. The van der Waals surface area contributed by atoms with Gasteiger partial charge in [0.25, 0.3) is 11.8 Å². The molecule has 3 aromatic rings. The second kappa shape index (κ2) is 10.1. The van der Waals surface area contributed by atoms with Crippen molar-refractivity contribution in [2.24, 2.45) is 0 Å². The SMILES string of the molecule is Cc1cccc(C(=O)Nc2ccc(OCc3cc(C(=O)NC[C@H]4CCCO4)no3)cc2)c1. The molecular weight excluding hydrogens is 410 g/mol. The number of aryl methyl sites for hydroxylation is 1. The van der Waals surface area contributed by atoms with Gasteiger partial charge in [0.15, 0.2) is 11.5 Å². The lowest BCUT2D eigenvalue weighted by atomic mass is 10.1. The molecule has 0 radical (unpaired) electrons. The molecule has 1 aliphatic heterocycles. The molecule has 2 aromatic carbocycles. The Bertz CT molecular complexity index is 1070. The summed E-state index contributed by atoms with van der Waals surface area (Å²) in [5, 5.41) is 9.46. The van der Waals surface area contributed by atoms with Gasteiger partial charge in [-0.1, -0.05) is 22.9 Å². The fourth-order valence-electron chi connectivity index (χ4n) is 3.37. The molecule has 0 unspecified atom stereocenters. The molecule has 32 heavy (non-hydrogen) atoms. The fraction of sp³-hybridized carbons (Fsp3) is 0.292. The minimum absolute atomic E-state index is 0.0678. The first-order valence-electron chi connectivity index (χ1n) is 10.5. The first-order chi connectivity index (χ1) is 15.6. The van der Waals surface area contributed by atoms with Gasteiger partial charge in [-0.15, -0.1) is 0 Å². The second-order valence-electron chi connectivity index (χ2n) is 7.66. The van der Waals surface area contributed by atoms with E-state index in [0.717, 1.165) is 25.0 Å². The van der Waals surface area contributed by atoms with Crippen LogP contribution in [0.2, 0.25) is 0 Å². The highest BCUT2D eigenvalue weighted by Gasteiger charge is 2.18. The van der Waals surface area contributed by atoms with E-state index in [1.165, 1.54) is 0 Å². The molecule has 1 aliphatic rings. The van der Waals surface area contributed by atoms with Crippen molar-refractivity contribution in [1.82, 2.24) is 10.5 Å². The van der Waals surface area contributed by atoms with E-state index in [1.54, 1.807) is 36.4 Å². The number of carbonyl (C=O) groups is 2. The summed E-state index contributed by atoms with van der Waals surface area (Å²) < 4.78 is 16.4. The van der Waals surface area contributed by atoms with Crippen molar-refractivity contribution in [3.63, 3.8) is 0 Å². The monoisotopic (exact) mass is 435 g/mol. The molecule has 2 amide bonds. The van der Waals surface area contributed by atoms with Gasteiger partial charge in [-0.3, -0.25) is 9.59 Å². The van der Waals surface area contributed by atoms with Gasteiger partial charge in [-0.25, -0.2) is 0 Å². The maximum absolute atomic E-state index is 12.3. The minimum Gasteiger partial charge on any atom is -0.486 e. The first kappa shape index (κ1) is 21.6. The van der Waals surface area contributed by atoms with E-state index in [2.05, 4.69) is 15.8 Å². The van der Waals surface area contributed by atoms with Gasteiger partial charge in [0.05, 0.1) is 6.10 Å². The molecule has 8 heteroatoms. The maximum atomic E-state index is 12.3. The standard InChI is InChI=1S/C24H25N3O5/c1-16-4-2-5-17(12-16)23(28)26-18-7-9-19(10-8-18)31-15-21-13-22(27-32-21)24(29)25-14-20-6-3-11-30-20/h2,4-5,7-10,12-13,20H,3,6,11,14-15H2,1H3,(H,25,29)(H,26,28)/t20-/m1/s1. The van der Waals surface area contributed by atoms with Crippen molar-refractivity contribution in [3.05, 3.63) is 77.2 Å². The van der Waals surface area contributed by atoms with E-state index < -0.39 is 0 Å². The first-order valence-corrected chi connectivity index (χ1v) is 10.5. The van der Waals surface area contributed by atoms with Gasteiger partial charge < -0.3 is 24.6 Å². The molecular formula is C24H25N3O5. The smallest absolute Gasteiger partial charge is 0.273 e. The van der Waals surface area contributed by atoms with Gasteiger partial charge in [-0.05, 0) is 56.2 Å². The molecule has 1 saturated heterocycles. The van der Waals surface area contributed by atoms with Crippen LogP contribution in [-0.2, 0) is 11.3 Å². The Kier molecular flexibility index (Phi) is 6.81. The molecule has 8 nitrogen and oxygen atoms in total. The Labute approximate surface area is 185 Å². The van der Waals surface area contributed by atoms with Crippen molar-refractivity contribution in [2.45, 2.75) is 32.5 Å². The summed E-state index contributed by atoms with van der Waals surface area (Å²) in [7, 11) is 0. The number of nitrogens with one attached hydrogen (secondary N) is 2. The van der Waals surface area contributed by atoms with E-state index in [-0.39, 0.29) is 30.2 Å². The highest BCUT2D eigenvalue weighted by molar-refractivity contribution is 6.04. The minimum atomic E-state index is -0.302. The Morgan fingerprint density at radius 1 is 1.12 bits per heavy atom. The lowest BCUT2D eigenvalue weighted by Gasteiger charge is -2.09. The van der Waals surface area contributed by atoms with Crippen LogP contribution >= 0.6 is 0 Å². The van der Waals surface area contributed by atoms with Crippen LogP contribution in [0.3, 0.4) is 0 Å². The number of aromatic nitrogens is 1. The highest BCUT2D eigenvalue weighted by Crippen LogP contribution is 2.18. The van der Waals surface area contributed by atoms with Crippen LogP contribution in [0.25, 0.3) is 0 Å². The molecule has 1 aromatic heterocycles. The van der Waals surface area contributed by atoms with Crippen LogP contribution in [-0.4, -0.2) is 36.2 Å². The van der Waals surface area contributed by atoms with Gasteiger partial charge in [-0.2, -0.15) is 0 Å². The summed E-state index contributed by atoms with van der Waals surface area (Å²) >= 11 is 0. The summed E-state index contributed by atoms with van der Waals surface area (Å²) in [6.07, 6.45) is 2.04. The number of hydrogen-bond acceptors (Lipinski definition) is 6. The normalized spacial score (nSPS) is 15.3. The van der Waals surface area contributed by atoms with Crippen molar-refractivity contribution >= 4 is 17.5 Å². The lowest BCUT2D eigenvalue weighted by molar-refractivity contribution is 0.0850. The van der Waals surface area contributed by atoms with Crippen molar-refractivity contribution in [3.8, 4) is 5.75 Å². The molecule has 2 N–H and O–H groups in total. The summed E-state index contributed by atoms with van der Waals surface area (Å²) in [5.41, 5.74) is 2.49. The number of ether oxygens (including phenoxy) is 2. The number of amides is 2. The predicted molar refractivity (Wildman–Crippen MR) is 118 cm³/mol. The van der Waals surface area contributed by atoms with E-state index >= 15 is 0 Å². The third-order valence-corrected chi connectivity index (χ3v) is 5.08. The van der Waals surface area contributed by atoms with Crippen LogP contribution in [0.5, 0.6) is 5.75 Å². The summed E-state index contributed by atoms with van der Waals surface area (Å²) in [5.74, 6) is 0.557. The number of nitrogens with zero attached hydrogens (tertiary/aromatic N) is 1. The highest BCUT2D eigenvalue weighted by atomic mass is 16.5. The Morgan fingerprint density at radius 2 is 1.97 bits per heavy atom. The molecule has 4 rings (SSSR count). The zero-order valence-corrected chi connectivity index (χ0v) is 17.8. The van der Waals surface area contributed by atoms with E-state index in [4.69, 9.17) is 14.0 Å². The van der Waals surface area contributed by atoms with Crippen LogP contribution in [0.4, 0.5) is 5.69 Å². The van der Waals surface area contributed by atoms with Crippen LogP contribution in [0.15, 0.2) is 59.1 Å². The fourth-order valence-corrected chi connectivity index (χ4v) is 3.37. The number of rotatable bonds is 8. The summed E-state index contributed by atoms with van der Waals surface area (Å²) in [6.45, 7) is 3.27. The molecule has 2 heterocycles.